The number of carbonyl (C=O) groups is 1. The Bertz CT molecular complexity index is 351. The molecule has 0 amide bonds. The van der Waals surface area contributed by atoms with Crippen LogP contribution in [-0.2, 0) is 9.53 Å². The van der Waals surface area contributed by atoms with Gasteiger partial charge in [0, 0.05) is 0 Å². The Hall–Kier alpha value is -1.15. The molecule has 15 heavy (non-hydrogen) atoms. The third-order valence-corrected chi connectivity index (χ3v) is 3.07. The van der Waals surface area contributed by atoms with E-state index in [2.05, 4.69) is 32.0 Å². The van der Waals surface area contributed by atoms with Crippen LogP contribution in [-0.4, -0.2) is 12.4 Å². The van der Waals surface area contributed by atoms with Crippen molar-refractivity contribution in [2.24, 2.45) is 0 Å². The van der Waals surface area contributed by atoms with Gasteiger partial charge in [0.25, 0.3) is 0 Å². The second-order valence-corrected chi connectivity index (χ2v) is 4.18. The van der Waals surface area contributed by atoms with Gasteiger partial charge in [0.1, 0.15) is 12.4 Å². The minimum atomic E-state index is -0.200. The number of rotatable bonds is 2. The van der Waals surface area contributed by atoms with Crippen molar-refractivity contribution in [3.63, 3.8) is 0 Å². The maximum absolute atomic E-state index is 10.6. The summed E-state index contributed by atoms with van der Waals surface area (Å²) in [5, 5.41) is 0. The predicted molar refractivity (Wildman–Crippen MR) is 58.8 cm³/mol. The maximum atomic E-state index is 10.6. The standard InChI is InChI=1S/C13H16O2/c1-9-4-3-5-10(2)13(9)12-7-6-11(8-14)15-12/h3-5,8,11-12H,6-7H2,1-2H3. The quantitative estimate of drug-likeness (QED) is 0.692. The van der Waals surface area contributed by atoms with E-state index in [0.717, 1.165) is 19.1 Å². The second kappa shape index (κ2) is 4.15. The monoisotopic (exact) mass is 204 g/mol. The van der Waals surface area contributed by atoms with E-state index >= 15 is 0 Å². The van der Waals surface area contributed by atoms with Gasteiger partial charge in [0.2, 0.25) is 0 Å². The van der Waals surface area contributed by atoms with Gasteiger partial charge in [0.05, 0.1) is 6.10 Å². The molecule has 1 aliphatic rings. The number of hydrogen-bond acceptors (Lipinski definition) is 2. The Morgan fingerprint density at radius 3 is 2.47 bits per heavy atom. The fraction of sp³-hybridized carbons (Fsp3) is 0.462. The Balaban J connectivity index is 2.27. The summed E-state index contributed by atoms with van der Waals surface area (Å²) in [6.45, 7) is 4.19. The van der Waals surface area contributed by atoms with Crippen molar-refractivity contribution < 1.29 is 9.53 Å². The van der Waals surface area contributed by atoms with Crippen LogP contribution in [0.15, 0.2) is 18.2 Å². The molecule has 1 aromatic rings. The van der Waals surface area contributed by atoms with Crippen LogP contribution in [0.5, 0.6) is 0 Å². The van der Waals surface area contributed by atoms with Crippen LogP contribution in [0.2, 0.25) is 0 Å². The number of carbonyl (C=O) groups excluding carboxylic acids is 1. The van der Waals surface area contributed by atoms with Gasteiger partial charge < -0.3 is 9.53 Å². The summed E-state index contributed by atoms with van der Waals surface area (Å²) in [7, 11) is 0. The molecule has 0 aromatic heterocycles. The average molecular weight is 204 g/mol. The van der Waals surface area contributed by atoms with E-state index < -0.39 is 0 Å². The highest BCUT2D eigenvalue weighted by Gasteiger charge is 2.27. The lowest BCUT2D eigenvalue weighted by Gasteiger charge is -2.16. The van der Waals surface area contributed by atoms with Crippen LogP contribution in [0.25, 0.3) is 0 Å². The summed E-state index contributed by atoms with van der Waals surface area (Å²) in [6, 6.07) is 6.25. The van der Waals surface area contributed by atoms with E-state index in [1.54, 1.807) is 0 Å². The van der Waals surface area contributed by atoms with E-state index in [1.165, 1.54) is 16.7 Å². The number of hydrogen-bond donors (Lipinski definition) is 0. The summed E-state index contributed by atoms with van der Waals surface area (Å²) >= 11 is 0. The Kier molecular flexibility index (Phi) is 2.87. The van der Waals surface area contributed by atoms with Crippen molar-refractivity contribution in [2.75, 3.05) is 0 Å². The molecular formula is C13H16O2. The van der Waals surface area contributed by atoms with E-state index in [0.29, 0.717) is 0 Å². The number of ether oxygens (including phenoxy) is 1. The molecule has 0 saturated carbocycles. The van der Waals surface area contributed by atoms with Crippen LogP contribution in [0.1, 0.15) is 35.6 Å². The highest BCUT2D eigenvalue weighted by Crippen LogP contribution is 2.35. The molecule has 1 saturated heterocycles. The number of aryl methyl sites for hydroxylation is 2. The van der Waals surface area contributed by atoms with Crippen molar-refractivity contribution in [3.05, 3.63) is 34.9 Å². The van der Waals surface area contributed by atoms with Gasteiger partial charge in [-0.25, -0.2) is 0 Å². The van der Waals surface area contributed by atoms with Gasteiger partial charge in [-0.2, -0.15) is 0 Å². The van der Waals surface area contributed by atoms with E-state index in [-0.39, 0.29) is 12.2 Å². The van der Waals surface area contributed by atoms with Gasteiger partial charge in [0.15, 0.2) is 0 Å². The van der Waals surface area contributed by atoms with Crippen molar-refractivity contribution in [3.8, 4) is 0 Å². The van der Waals surface area contributed by atoms with Crippen LogP contribution in [0.4, 0.5) is 0 Å². The van der Waals surface area contributed by atoms with E-state index in [4.69, 9.17) is 4.74 Å². The third kappa shape index (κ3) is 1.95. The van der Waals surface area contributed by atoms with Gasteiger partial charge in [-0.05, 0) is 43.4 Å². The van der Waals surface area contributed by atoms with Crippen LogP contribution in [0, 0.1) is 13.8 Å². The molecule has 1 aliphatic heterocycles. The average Bonchev–Trinajstić information content (AvgIpc) is 2.66. The molecule has 2 nitrogen and oxygen atoms in total. The first kappa shape index (κ1) is 10.4. The molecule has 2 rings (SSSR count). The van der Waals surface area contributed by atoms with Gasteiger partial charge in [-0.3, -0.25) is 0 Å². The molecular weight excluding hydrogens is 188 g/mol. The van der Waals surface area contributed by atoms with E-state index in [9.17, 15) is 4.79 Å². The van der Waals surface area contributed by atoms with Crippen molar-refractivity contribution >= 4 is 6.29 Å². The molecule has 2 unspecified atom stereocenters. The lowest BCUT2D eigenvalue weighted by Crippen LogP contribution is -2.08. The molecule has 1 fully saturated rings. The molecule has 0 N–H and O–H groups in total. The van der Waals surface area contributed by atoms with Crippen molar-refractivity contribution in [2.45, 2.75) is 38.9 Å². The first-order valence-electron chi connectivity index (χ1n) is 5.39. The van der Waals surface area contributed by atoms with Crippen LogP contribution >= 0.6 is 0 Å². The first-order chi connectivity index (χ1) is 7.22. The fourth-order valence-corrected chi connectivity index (χ4v) is 2.31. The molecule has 1 aromatic carbocycles. The lowest BCUT2D eigenvalue weighted by atomic mass is 9.96. The Morgan fingerprint density at radius 1 is 1.27 bits per heavy atom. The zero-order valence-corrected chi connectivity index (χ0v) is 9.19. The molecule has 80 valence electrons. The largest absolute Gasteiger partial charge is 0.363 e. The Labute approximate surface area is 90.3 Å². The SMILES string of the molecule is Cc1cccc(C)c1C1CCC(C=O)O1. The summed E-state index contributed by atoms with van der Waals surface area (Å²) < 4.78 is 5.69. The molecule has 2 heteroatoms. The molecule has 0 aliphatic carbocycles. The van der Waals surface area contributed by atoms with Crippen molar-refractivity contribution in [1.82, 2.24) is 0 Å². The minimum Gasteiger partial charge on any atom is -0.363 e. The van der Waals surface area contributed by atoms with Gasteiger partial charge in [-0.1, -0.05) is 18.2 Å². The maximum Gasteiger partial charge on any atom is 0.148 e. The van der Waals surface area contributed by atoms with Crippen molar-refractivity contribution in [1.29, 1.82) is 0 Å². The number of benzene rings is 1. The summed E-state index contributed by atoms with van der Waals surface area (Å²) in [5.74, 6) is 0. The first-order valence-corrected chi connectivity index (χ1v) is 5.39. The predicted octanol–water partition coefficient (Wildman–Crippen LogP) is 2.72. The molecule has 0 radical (unpaired) electrons. The number of aldehydes is 1. The second-order valence-electron chi connectivity index (χ2n) is 4.18. The highest BCUT2D eigenvalue weighted by molar-refractivity contribution is 5.56. The summed E-state index contributed by atoms with van der Waals surface area (Å²) in [4.78, 5) is 10.6. The van der Waals surface area contributed by atoms with Gasteiger partial charge >= 0.3 is 0 Å². The molecule has 2 atom stereocenters. The lowest BCUT2D eigenvalue weighted by molar-refractivity contribution is -0.117. The minimum absolute atomic E-state index is 0.112. The topological polar surface area (TPSA) is 26.3 Å². The third-order valence-electron chi connectivity index (χ3n) is 3.07. The van der Waals surface area contributed by atoms with Crippen LogP contribution < -0.4 is 0 Å². The molecule has 1 heterocycles. The zero-order chi connectivity index (χ0) is 10.8. The summed E-state index contributed by atoms with van der Waals surface area (Å²) in [6.07, 6.45) is 2.63. The molecule has 0 spiro atoms. The zero-order valence-electron chi connectivity index (χ0n) is 9.19. The Morgan fingerprint density at radius 2 is 1.93 bits per heavy atom. The smallest absolute Gasteiger partial charge is 0.148 e. The molecule has 0 bridgehead atoms. The summed E-state index contributed by atoms with van der Waals surface area (Å²) in [5.41, 5.74) is 3.78. The van der Waals surface area contributed by atoms with Crippen LogP contribution in [0.3, 0.4) is 0 Å². The van der Waals surface area contributed by atoms with Gasteiger partial charge in [-0.15, -0.1) is 0 Å². The fourth-order valence-electron chi connectivity index (χ4n) is 2.31. The highest BCUT2D eigenvalue weighted by atomic mass is 16.5. The normalized spacial score (nSPS) is 25.5. The van der Waals surface area contributed by atoms with E-state index in [1.807, 2.05) is 0 Å².